The van der Waals surface area contributed by atoms with Crippen molar-refractivity contribution in [3.63, 3.8) is 0 Å². The second-order valence-electron chi connectivity index (χ2n) is 4.62. The van der Waals surface area contributed by atoms with Gasteiger partial charge in [-0.3, -0.25) is 9.59 Å². The summed E-state index contributed by atoms with van der Waals surface area (Å²) in [5, 5.41) is 7.39. The van der Waals surface area contributed by atoms with Gasteiger partial charge in [0.2, 0.25) is 5.91 Å². The van der Waals surface area contributed by atoms with Gasteiger partial charge in [-0.2, -0.15) is 0 Å². The van der Waals surface area contributed by atoms with Crippen molar-refractivity contribution in [2.24, 2.45) is 5.73 Å². The number of carbonyl (C=O) groups excluding carboxylic acids is 2. The Balaban J connectivity index is 0.00000264. The standard InChI is InChI=1S/C15H18N4O2S.2ClH/c16-7-8-17-15(21)12-3-1-2-4-13(12)19-14(20)6-5-11-9-22-10-18-11;;/h1-4,9-10H,5-8,16H2,(H,17,21)(H,19,20);2*1H. The van der Waals surface area contributed by atoms with Crippen LogP contribution in [0.3, 0.4) is 0 Å². The number of amides is 2. The first-order valence-electron chi connectivity index (χ1n) is 6.95. The predicted molar refractivity (Wildman–Crippen MR) is 101 cm³/mol. The average Bonchev–Trinajstić information content (AvgIpc) is 3.04. The molecular weight excluding hydrogens is 371 g/mol. The molecule has 0 bridgehead atoms. The number of rotatable bonds is 7. The molecule has 6 nitrogen and oxygen atoms in total. The Morgan fingerprint density at radius 1 is 1.21 bits per heavy atom. The van der Waals surface area contributed by atoms with Gasteiger partial charge in [-0.05, 0) is 18.6 Å². The van der Waals surface area contributed by atoms with Gasteiger partial charge in [-0.1, -0.05) is 12.1 Å². The van der Waals surface area contributed by atoms with E-state index in [9.17, 15) is 9.59 Å². The molecule has 1 aromatic carbocycles. The fourth-order valence-electron chi connectivity index (χ4n) is 1.89. The summed E-state index contributed by atoms with van der Waals surface area (Å²) in [6, 6.07) is 6.90. The Morgan fingerprint density at radius 2 is 1.96 bits per heavy atom. The molecule has 0 saturated carbocycles. The molecule has 0 spiro atoms. The van der Waals surface area contributed by atoms with Crippen molar-refractivity contribution in [2.45, 2.75) is 12.8 Å². The molecule has 0 saturated heterocycles. The van der Waals surface area contributed by atoms with Gasteiger partial charge in [-0.25, -0.2) is 4.98 Å². The highest BCUT2D eigenvalue weighted by molar-refractivity contribution is 7.07. The molecule has 9 heteroatoms. The summed E-state index contributed by atoms with van der Waals surface area (Å²) in [5.74, 6) is -0.395. The van der Waals surface area contributed by atoms with Crippen LogP contribution in [-0.2, 0) is 11.2 Å². The van der Waals surface area contributed by atoms with Gasteiger partial charge in [0.15, 0.2) is 0 Å². The number of para-hydroxylation sites is 1. The van der Waals surface area contributed by atoms with Gasteiger partial charge in [0.05, 0.1) is 22.5 Å². The molecule has 0 aliphatic carbocycles. The quantitative estimate of drug-likeness (QED) is 0.674. The van der Waals surface area contributed by atoms with Crippen LogP contribution in [0, 0.1) is 0 Å². The summed E-state index contributed by atoms with van der Waals surface area (Å²) in [7, 11) is 0. The summed E-state index contributed by atoms with van der Waals surface area (Å²) < 4.78 is 0. The van der Waals surface area contributed by atoms with E-state index < -0.39 is 0 Å². The molecular formula is C15H20Cl2N4O2S. The third kappa shape index (κ3) is 6.84. The number of nitrogens with two attached hydrogens (primary N) is 1. The molecule has 4 N–H and O–H groups in total. The van der Waals surface area contributed by atoms with E-state index in [1.54, 1.807) is 29.8 Å². The Kier molecular flexibility index (Phi) is 11.0. The highest BCUT2D eigenvalue weighted by Gasteiger charge is 2.12. The van der Waals surface area contributed by atoms with Crippen LogP contribution in [0.2, 0.25) is 0 Å². The summed E-state index contributed by atoms with van der Waals surface area (Å²) in [6.45, 7) is 0.763. The smallest absolute Gasteiger partial charge is 0.253 e. The predicted octanol–water partition coefficient (Wildman–Crippen LogP) is 2.25. The molecule has 1 heterocycles. The number of aromatic nitrogens is 1. The SMILES string of the molecule is Cl.Cl.NCCNC(=O)c1ccccc1NC(=O)CCc1cscn1. The average molecular weight is 391 g/mol. The van der Waals surface area contributed by atoms with E-state index in [4.69, 9.17) is 5.73 Å². The lowest BCUT2D eigenvalue weighted by atomic mass is 10.1. The summed E-state index contributed by atoms with van der Waals surface area (Å²) in [4.78, 5) is 28.2. The van der Waals surface area contributed by atoms with Crippen LogP contribution < -0.4 is 16.4 Å². The van der Waals surface area contributed by atoms with E-state index in [0.717, 1.165) is 5.69 Å². The minimum absolute atomic E-state index is 0. The van der Waals surface area contributed by atoms with Crippen molar-refractivity contribution in [1.82, 2.24) is 10.3 Å². The number of nitrogens with one attached hydrogen (secondary N) is 2. The third-order valence-electron chi connectivity index (χ3n) is 2.97. The zero-order valence-electron chi connectivity index (χ0n) is 12.9. The molecule has 132 valence electrons. The Hall–Kier alpha value is -1.67. The van der Waals surface area contributed by atoms with Crippen LogP contribution >= 0.6 is 36.2 Å². The molecule has 0 aliphatic rings. The summed E-state index contributed by atoms with van der Waals surface area (Å²) in [6.07, 6.45) is 0.902. The zero-order chi connectivity index (χ0) is 15.8. The number of nitrogens with zero attached hydrogens (tertiary/aromatic N) is 1. The maximum atomic E-state index is 12.0. The zero-order valence-corrected chi connectivity index (χ0v) is 15.3. The van der Waals surface area contributed by atoms with Crippen LogP contribution in [0.25, 0.3) is 0 Å². The number of hydrogen-bond acceptors (Lipinski definition) is 5. The molecule has 24 heavy (non-hydrogen) atoms. The number of carbonyl (C=O) groups is 2. The van der Waals surface area contributed by atoms with Gasteiger partial charge < -0.3 is 16.4 Å². The van der Waals surface area contributed by atoms with Crippen LogP contribution in [0.1, 0.15) is 22.5 Å². The van der Waals surface area contributed by atoms with E-state index in [-0.39, 0.29) is 36.6 Å². The highest BCUT2D eigenvalue weighted by Crippen LogP contribution is 2.15. The van der Waals surface area contributed by atoms with E-state index in [0.29, 0.717) is 37.2 Å². The second kappa shape index (κ2) is 11.8. The molecule has 0 aliphatic heterocycles. The minimum atomic E-state index is -0.249. The van der Waals surface area contributed by atoms with Gasteiger partial charge in [0.1, 0.15) is 0 Å². The number of anilines is 1. The van der Waals surface area contributed by atoms with E-state index in [1.807, 2.05) is 5.38 Å². The maximum absolute atomic E-state index is 12.0. The van der Waals surface area contributed by atoms with Crippen molar-refractivity contribution in [3.8, 4) is 0 Å². The molecule has 1 aromatic heterocycles. The van der Waals surface area contributed by atoms with Gasteiger partial charge in [0.25, 0.3) is 5.91 Å². The highest BCUT2D eigenvalue weighted by atomic mass is 35.5. The number of hydrogen-bond donors (Lipinski definition) is 3. The third-order valence-corrected chi connectivity index (χ3v) is 3.60. The fourth-order valence-corrected chi connectivity index (χ4v) is 2.48. The fraction of sp³-hybridized carbons (Fsp3) is 0.267. The van der Waals surface area contributed by atoms with Crippen LogP contribution in [-0.4, -0.2) is 29.9 Å². The Labute approximate surface area is 157 Å². The first-order valence-corrected chi connectivity index (χ1v) is 7.89. The topological polar surface area (TPSA) is 97.1 Å². The van der Waals surface area contributed by atoms with Gasteiger partial charge >= 0.3 is 0 Å². The summed E-state index contributed by atoms with van der Waals surface area (Å²) in [5.41, 5.74) is 8.94. The van der Waals surface area contributed by atoms with Gasteiger partial charge in [0, 0.05) is 24.9 Å². The molecule has 0 atom stereocenters. The largest absolute Gasteiger partial charge is 0.351 e. The molecule has 2 rings (SSSR count). The van der Waals surface area contributed by atoms with Crippen LogP contribution in [0.4, 0.5) is 5.69 Å². The van der Waals surface area contributed by atoms with Crippen molar-refractivity contribution in [1.29, 1.82) is 0 Å². The number of benzene rings is 1. The van der Waals surface area contributed by atoms with Crippen molar-refractivity contribution in [3.05, 3.63) is 46.4 Å². The molecule has 0 fully saturated rings. The molecule has 0 radical (unpaired) electrons. The molecule has 0 unspecified atom stereocenters. The van der Waals surface area contributed by atoms with E-state index in [2.05, 4.69) is 15.6 Å². The lowest BCUT2D eigenvalue weighted by Gasteiger charge is -2.11. The van der Waals surface area contributed by atoms with Crippen LogP contribution in [0.15, 0.2) is 35.2 Å². The Morgan fingerprint density at radius 3 is 2.62 bits per heavy atom. The van der Waals surface area contributed by atoms with E-state index in [1.165, 1.54) is 11.3 Å². The lowest BCUT2D eigenvalue weighted by Crippen LogP contribution is -2.30. The normalized spacial score (nSPS) is 9.38. The van der Waals surface area contributed by atoms with Crippen molar-refractivity contribution < 1.29 is 9.59 Å². The number of aryl methyl sites for hydroxylation is 1. The lowest BCUT2D eigenvalue weighted by molar-refractivity contribution is -0.116. The summed E-state index contributed by atoms with van der Waals surface area (Å²) >= 11 is 1.50. The number of halogens is 2. The first kappa shape index (κ1) is 22.3. The van der Waals surface area contributed by atoms with Crippen molar-refractivity contribution in [2.75, 3.05) is 18.4 Å². The first-order chi connectivity index (χ1) is 10.7. The monoisotopic (exact) mass is 390 g/mol. The minimum Gasteiger partial charge on any atom is -0.351 e. The maximum Gasteiger partial charge on any atom is 0.253 e. The molecule has 2 aromatic rings. The second-order valence-corrected chi connectivity index (χ2v) is 5.34. The number of thiazole rings is 1. The van der Waals surface area contributed by atoms with E-state index >= 15 is 0 Å². The van der Waals surface area contributed by atoms with Gasteiger partial charge in [-0.15, -0.1) is 36.2 Å². The molecule has 2 amide bonds. The van der Waals surface area contributed by atoms with Crippen LogP contribution in [0.5, 0.6) is 0 Å². The van der Waals surface area contributed by atoms with Crippen molar-refractivity contribution >= 4 is 53.7 Å². The Bertz CT molecular complexity index is 638.